The molecule has 2 atom stereocenters. The minimum Gasteiger partial charge on any atom is -0.400 e. The molecule has 1 aliphatic rings. The molecule has 0 saturated carbocycles. The van der Waals surface area contributed by atoms with Gasteiger partial charge < -0.3 is 26.2 Å². The molecular formula is C23H32N4OS. The number of nitrogens with zero attached hydrogens (tertiary/aromatic N) is 1. The summed E-state index contributed by atoms with van der Waals surface area (Å²) >= 11 is 1.63. The summed E-state index contributed by atoms with van der Waals surface area (Å²) in [5.41, 5.74) is 6.33. The van der Waals surface area contributed by atoms with Crippen molar-refractivity contribution in [3.05, 3.63) is 53.1 Å². The van der Waals surface area contributed by atoms with Crippen molar-refractivity contribution in [2.24, 2.45) is 11.1 Å². The number of likely N-dealkylation sites (N-methyl/N-ethyl adjacent to an activating group) is 1. The van der Waals surface area contributed by atoms with E-state index in [1.165, 1.54) is 24.2 Å². The maximum Gasteiger partial charge on any atom is 0.137 e. The maximum absolute atomic E-state index is 11.3. The molecule has 2 aromatic rings. The van der Waals surface area contributed by atoms with Crippen molar-refractivity contribution in [3.63, 3.8) is 0 Å². The number of nitrogens with one attached hydrogen (secondary N) is 2. The van der Waals surface area contributed by atoms with Crippen LogP contribution in [0.15, 0.2) is 48.2 Å². The first-order chi connectivity index (χ1) is 13.9. The lowest BCUT2D eigenvalue weighted by molar-refractivity contribution is -0.111. The van der Waals surface area contributed by atoms with Gasteiger partial charge in [-0.05, 0) is 58.4 Å². The van der Waals surface area contributed by atoms with Gasteiger partial charge in [0, 0.05) is 39.6 Å². The van der Waals surface area contributed by atoms with Gasteiger partial charge in [-0.15, -0.1) is 11.3 Å². The monoisotopic (exact) mass is 412 g/mol. The van der Waals surface area contributed by atoms with Crippen molar-refractivity contribution < 1.29 is 4.79 Å². The smallest absolute Gasteiger partial charge is 0.137 e. The van der Waals surface area contributed by atoms with Gasteiger partial charge in [-0.25, -0.2) is 0 Å². The number of benzene rings is 1. The second-order valence-corrected chi connectivity index (χ2v) is 8.71. The topological polar surface area (TPSA) is 82.2 Å². The summed E-state index contributed by atoms with van der Waals surface area (Å²) in [6.07, 6.45) is 6.90. The number of fused-ring (bicyclic) bond motifs is 1. The molecule has 29 heavy (non-hydrogen) atoms. The van der Waals surface area contributed by atoms with Gasteiger partial charge in [-0.2, -0.15) is 0 Å². The minimum absolute atomic E-state index is 0.400. The molecule has 1 aliphatic heterocycles. The van der Waals surface area contributed by atoms with Crippen molar-refractivity contribution in [3.8, 4) is 0 Å². The molecule has 0 spiro atoms. The van der Waals surface area contributed by atoms with Gasteiger partial charge in [0.1, 0.15) is 6.29 Å². The quantitative estimate of drug-likeness (QED) is 0.382. The highest BCUT2D eigenvalue weighted by molar-refractivity contribution is 7.20. The lowest BCUT2D eigenvalue weighted by atomic mass is 9.86. The van der Waals surface area contributed by atoms with E-state index in [1.807, 2.05) is 37.3 Å². The largest absolute Gasteiger partial charge is 0.400 e. The Balaban J connectivity index is 0.000000313. The first-order valence-corrected chi connectivity index (χ1v) is 10.6. The number of aldehydes is 1. The molecule has 5 nitrogen and oxygen atoms in total. The van der Waals surface area contributed by atoms with Crippen LogP contribution in [-0.2, 0) is 4.79 Å². The SMILES string of the molecule is C/C=C\C(=C(\N)C(C)(C=N)C=O)c1cc2ccccc2s1.CN(C)C1CCNC1. The summed E-state index contributed by atoms with van der Waals surface area (Å²) in [4.78, 5) is 14.6. The number of hydrogen-bond donors (Lipinski definition) is 3. The zero-order valence-corrected chi connectivity index (χ0v) is 18.6. The van der Waals surface area contributed by atoms with E-state index < -0.39 is 5.41 Å². The van der Waals surface area contributed by atoms with E-state index in [0.717, 1.165) is 28.1 Å². The van der Waals surface area contributed by atoms with Crippen molar-refractivity contribution in [1.29, 1.82) is 5.41 Å². The molecule has 0 aliphatic carbocycles. The molecule has 1 saturated heterocycles. The van der Waals surface area contributed by atoms with Gasteiger partial charge in [0.25, 0.3) is 0 Å². The van der Waals surface area contributed by atoms with Crippen LogP contribution in [0.5, 0.6) is 0 Å². The highest BCUT2D eigenvalue weighted by atomic mass is 32.1. The molecule has 2 heterocycles. The van der Waals surface area contributed by atoms with Crippen molar-refractivity contribution >= 4 is 39.5 Å². The van der Waals surface area contributed by atoms with Crippen LogP contribution in [0.2, 0.25) is 0 Å². The Hall–Kier alpha value is -2.28. The predicted molar refractivity (Wildman–Crippen MR) is 126 cm³/mol. The van der Waals surface area contributed by atoms with Crippen LogP contribution in [0, 0.1) is 10.8 Å². The number of allylic oxidation sites excluding steroid dienone is 4. The van der Waals surface area contributed by atoms with E-state index in [-0.39, 0.29) is 0 Å². The summed E-state index contributed by atoms with van der Waals surface area (Å²) in [5, 5.41) is 12.0. The van der Waals surface area contributed by atoms with Crippen LogP contribution < -0.4 is 11.1 Å². The molecule has 6 heteroatoms. The Morgan fingerprint density at radius 1 is 1.38 bits per heavy atom. The highest BCUT2D eigenvalue weighted by Gasteiger charge is 2.27. The van der Waals surface area contributed by atoms with Crippen molar-refractivity contribution in [2.45, 2.75) is 26.3 Å². The number of carbonyl (C=O) groups is 1. The average Bonchev–Trinajstić information content (AvgIpc) is 3.41. The van der Waals surface area contributed by atoms with Crippen molar-refractivity contribution in [2.75, 3.05) is 27.2 Å². The normalized spacial score (nSPS) is 19.6. The number of rotatable bonds is 6. The standard InChI is InChI=1S/C17H18N2OS.C6H14N2/c1-3-6-13(16(19)17(2,10-18)11-20)15-9-12-7-4-5-8-14(12)21-15;1-8(2)6-3-4-7-5-6/h3-11,18H,19H2,1-2H3;6-7H,3-5H2,1-2H3/b6-3-,16-13-,18-10?;. The van der Waals surface area contributed by atoms with Gasteiger partial charge in [0.15, 0.2) is 0 Å². The fourth-order valence-electron chi connectivity index (χ4n) is 3.13. The fourth-order valence-corrected chi connectivity index (χ4v) is 4.23. The van der Waals surface area contributed by atoms with Crippen LogP contribution in [-0.4, -0.2) is 50.6 Å². The zero-order chi connectivity index (χ0) is 21.4. The molecule has 156 valence electrons. The van der Waals surface area contributed by atoms with Crippen LogP contribution in [0.3, 0.4) is 0 Å². The molecule has 1 fully saturated rings. The van der Waals surface area contributed by atoms with Gasteiger partial charge in [0.2, 0.25) is 0 Å². The molecule has 0 bridgehead atoms. The van der Waals surface area contributed by atoms with E-state index >= 15 is 0 Å². The van der Waals surface area contributed by atoms with Crippen LogP contribution in [0.25, 0.3) is 15.7 Å². The third-order valence-corrected chi connectivity index (χ3v) is 6.35. The molecule has 1 aromatic heterocycles. The van der Waals surface area contributed by atoms with E-state index in [0.29, 0.717) is 12.0 Å². The summed E-state index contributed by atoms with van der Waals surface area (Å²) in [6, 6.07) is 11.0. The Bertz CT molecular complexity index is 850. The summed E-state index contributed by atoms with van der Waals surface area (Å²) in [7, 11) is 4.27. The first kappa shape index (κ1) is 23.0. The second-order valence-electron chi connectivity index (χ2n) is 7.63. The van der Waals surface area contributed by atoms with Gasteiger partial charge in [-0.1, -0.05) is 30.4 Å². The minimum atomic E-state index is -1.08. The number of hydrogen-bond acceptors (Lipinski definition) is 6. The Morgan fingerprint density at radius 2 is 2.10 bits per heavy atom. The first-order valence-electron chi connectivity index (χ1n) is 9.83. The zero-order valence-electron chi connectivity index (χ0n) is 17.7. The molecule has 0 amide bonds. The molecule has 4 N–H and O–H groups in total. The lowest BCUT2D eigenvalue weighted by Gasteiger charge is -2.20. The average molecular weight is 413 g/mol. The highest BCUT2D eigenvalue weighted by Crippen LogP contribution is 2.35. The second kappa shape index (κ2) is 10.5. The van der Waals surface area contributed by atoms with Crippen molar-refractivity contribution in [1.82, 2.24) is 10.2 Å². The maximum atomic E-state index is 11.3. The molecule has 2 unspecified atom stereocenters. The van der Waals surface area contributed by atoms with Crippen LogP contribution in [0.1, 0.15) is 25.1 Å². The Morgan fingerprint density at radius 3 is 2.59 bits per heavy atom. The van der Waals surface area contributed by atoms with E-state index in [9.17, 15) is 4.79 Å². The summed E-state index contributed by atoms with van der Waals surface area (Å²) < 4.78 is 1.17. The summed E-state index contributed by atoms with van der Waals surface area (Å²) in [5.74, 6) is 0. The van der Waals surface area contributed by atoms with Crippen LogP contribution >= 0.6 is 11.3 Å². The Labute approximate surface area is 177 Å². The molecule has 0 radical (unpaired) electrons. The molecular weight excluding hydrogens is 380 g/mol. The fraction of sp³-hybridized carbons (Fsp3) is 0.391. The number of carbonyl (C=O) groups excluding carboxylic acids is 1. The summed E-state index contributed by atoms with van der Waals surface area (Å²) in [6.45, 7) is 5.93. The van der Waals surface area contributed by atoms with Crippen LogP contribution in [0.4, 0.5) is 0 Å². The Kier molecular flexibility index (Phi) is 8.32. The number of thiophene rings is 1. The van der Waals surface area contributed by atoms with E-state index in [1.54, 1.807) is 18.3 Å². The van der Waals surface area contributed by atoms with E-state index in [2.05, 4.69) is 36.4 Å². The van der Waals surface area contributed by atoms with Gasteiger partial charge in [-0.3, -0.25) is 0 Å². The lowest BCUT2D eigenvalue weighted by Crippen LogP contribution is -2.29. The number of nitrogens with two attached hydrogens (primary N) is 1. The molecule has 1 aromatic carbocycles. The van der Waals surface area contributed by atoms with E-state index in [4.69, 9.17) is 11.1 Å². The third-order valence-electron chi connectivity index (χ3n) is 5.20. The third kappa shape index (κ3) is 5.63. The molecule has 3 rings (SSSR count). The van der Waals surface area contributed by atoms with Gasteiger partial charge in [0.05, 0.1) is 5.41 Å². The predicted octanol–water partition coefficient (Wildman–Crippen LogP) is 3.91. The van der Waals surface area contributed by atoms with Gasteiger partial charge >= 0.3 is 0 Å².